The zero-order valence-corrected chi connectivity index (χ0v) is 10.3. The first-order chi connectivity index (χ1) is 8.81. The Morgan fingerprint density at radius 2 is 2.33 bits per heavy atom. The van der Waals surface area contributed by atoms with Crippen LogP contribution in [0.2, 0.25) is 0 Å². The molecule has 1 amide bonds. The molecule has 1 aromatic rings. The summed E-state index contributed by atoms with van der Waals surface area (Å²) in [6, 6.07) is 3.60. The van der Waals surface area contributed by atoms with Crippen LogP contribution in [0.1, 0.15) is 10.5 Å². The minimum Gasteiger partial charge on any atom is -0.381 e. The van der Waals surface area contributed by atoms with Crippen molar-refractivity contribution < 1.29 is 9.53 Å². The van der Waals surface area contributed by atoms with Crippen molar-refractivity contribution in [2.75, 3.05) is 38.2 Å². The Morgan fingerprint density at radius 3 is 3.06 bits per heavy atom. The Labute approximate surface area is 106 Å². The Morgan fingerprint density at radius 1 is 1.56 bits per heavy atom. The topological polar surface area (TPSA) is 54.5 Å². The third-order valence-corrected chi connectivity index (χ3v) is 2.73. The van der Waals surface area contributed by atoms with E-state index in [9.17, 15) is 4.79 Å². The minimum absolute atomic E-state index is 0.0412. The second-order valence-electron chi connectivity index (χ2n) is 4.00. The van der Waals surface area contributed by atoms with Crippen LogP contribution in [0.3, 0.4) is 0 Å². The smallest absolute Gasteiger partial charge is 0.272 e. The quantitative estimate of drug-likeness (QED) is 0.811. The van der Waals surface area contributed by atoms with Gasteiger partial charge in [-0.15, -0.1) is 6.58 Å². The molecule has 0 bridgehead atoms. The highest BCUT2D eigenvalue weighted by atomic mass is 16.5. The Bertz CT molecular complexity index is 428. The molecule has 1 aliphatic rings. The van der Waals surface area contributed by atoms with E-state index in [0.717, 1.165) is 5.69 Å². The highest BCUT2D eigenvalue weighted by molar-refractivity contribution is 5.93. The average molecular weight is 247 g/mol. The van der Waals surface area contributed by atoms with Crippen molar-refractivity contribution in [2.24, 2.45) is 0 Å². The molecule has 1 N–H and O–H groups in total. The average Bonchev–Trinajstić information content (AvgIpc) is 2.45. The maximum absolute atomic E-state index is 12.2. The number of anilines is 1. The van der Waals surface area contributed by atoms with E-state index in [1.165, 1.54) is 0 Å². The van der Waals surface area contributed by atoms with Gasteiger partial charge in [-0.3, -0.25) is 9.78 Å². The fraction of sp³-hybridized carbons (Fsp3) is 0.385. The summed E-state index contributed by atoms with van der Waals surface area (Å²) in [5.41, 5.74) is 1.34. The van der Waals surface area contributed by atoms with Crippen LogP contribution in [0.25, 0.3) is 0 Å². The second-order valence-corrected chi connectivity index (χ2v) is 4.00. The van der Waals surface area contributed by atoms with Gasteiger partial charge in [0.2, 0.25) is 0 Å². The Hall–Kier alpha value is -1.88. The molecule has 0 unspecified atom stereocenters. The molecule has 0 radical (unpaired) electrons. The SMILES string of the molecule is C=CCNc1ccnc(C(=O)N2CCOCC2)c1. The molecule has 1 aromatic heterocycles. The number of pyridine rings is 1. The van der Waals surface area contributed by atoms with Crippen molar-refractivity contribution in [1.82, 2.24) is 9.88 Å². The van der Waals surface area contributed by atoms with Gasteiger partial charge >= 0.3 is 0 Å². The standard InChI is InChI=1S/C13H17N3O2/c1-2-4-14-11-3-5-15-12(10-11)13(17)16-6-8-18-9-7-16/h2-3,5,10H,1,4,6-9H2,(H,14,15). The third-order valence-electron chi connectivity index (χ3n) is 2.73. The van der Waals surface area contributed by atoms with Crippen LogP contribution in [-0.2, 0) is 4.74 Å². The Kier molecular flexibility index (Phi) is 4.30. The molecule has 1 saturated heterocycles. The van der Waals surface area contributed by atoms with Crippen molar-refractivity contribution in [1.29, 1.82) is 0 Å². The van der Waals surface area contributed by atoms with Gasteiger partial charge in [-0.1, -0.05) is 6.08 Å². The van der Waals surface area contributed by atoms with E-state index in [-0.39, 0.29) is 5.91 Å². The molecular formula is C13H17N3O2. The first-order valence-electron chi connectivity index (χ1n) is 5.99. The maximum Gasteiger partial charge on any atom is 0.272 e. The highest BCUT2D eigenvalue weighted by Crippen LogP contribution is 2.11. The van der Waals surface area contributed by atoms with E-state index in [1.807, 2.05) is 6.07 Å². The summed E-state index contributed by atoms with van der Waals surface area (Å²) >= 11 is 0. The summed E-state index contributed by atoms with van der Waals surface area (Å²) in [5, 5.41) is 3.14. The molecule has 96 valence electrons. The summed E-state index contributed by atoms with van der Waals surface area (Å²) in [6.45, 7) is 6.76. The van der Waals surface area contributed by atoms with Crippen LogP contribution in [0.4, 0.5) is 5.69 Å². The summed E-state index contributed by atoms with van der Waals surface area (Å²) < 4.78 is 5.22. The molecule has 5 heteroatoms. The van der Waals surface area contributed by atoms with Gasteiger partial charge in [-0.2, -0.15) is 0 Å². The molecule has 1 aliphatic heterocycles. The van der Waals surface area contributed by atoms with E-state index in [4.69, 9.17) is 4.74 Å². The summed E-state index contributed by atoms with van der Waals surface area (Å²) in [7, 11) is 0. The fourth-order valence-electron chi connectivity index (χ4n) is 1.78. The first kappa shape index (κ1) is 12.6. The van der Waals surface area contributed by atoms with Crippen molar-refractivity contribution in [2.45, 2.75) is 0 Å². The molecule has 5 nitrogen and oxygen atoms in total. The summed E-state index contributed by atoms with van der Waals surface area (Å²) in [4.78, 5) is 18.1. The highest BCUT2D eigenvalue weighted by Gasteiger charge is 2.19. The van der Waals surface area contributed by atoms with E-state index in [2.05, 4.69) is 16.9 Å². The van der Waals surface area contributed by atoms with Crippen LogP contribution in [-0.4, -0.2) is 48.6 Å². The fourth-order valence-corrected chi connectivity index (χ4v) is 1.78. The zero-order chi connectivity index (χ0) is 12.8. The van der Waals surface area contributed by atoms with Crippen LogP contribution < -0.4 is 5.32 Å². The molecule has 2 heterocycles. The molecular weight excluding hydrogens is 230 g/mol. The number of rotatable bonds is 4. The van der Waals surface area contributed by atoms with Gasteiger partial charge in [0.1, 0.15) is 5.69 Å². The number of nitrogens with one attached hydrogen (secondary N) is 1. The van der Waals surface area contributed by atoms with Crippen molar-refractivity contribution in [3.63, 3.8) is 0 Å². The first-order valence-corrected chi connectivity index (χ1v) is 5.99. The number of morpholine rings is 1. The molecule has 0 aromatic carbocycles. The maximum atomic E-state index is 12.2. The van der Waals surface area contributed by atoms with E-state index in [1.54, 1.807) is 23.2 Å². The number of hydrogen-bond acceptors (Lipinski definition) is 4. The van der Waals surface area contributed by atoms with Gasteiger partial charge in [0, 0.05) is 31.5 Å². The molecule has 0 atom stereocenters. The molecule has 0 saturated carbocycles. The minimum atomic E-state index is -0.0412. The van der Waals surface area contributed by atoms with E-state index in [0.29, 0.717) is 38.5 Å². The normalized spacial score (nSPS) is 15.2. The van der Waals surface area contributed by atoms with Gasteiger partial charge in [0.05, 0.1) is 13.2 Å². The lowest BCUT2D eigenvalue weighted by atomic mass is 10.2. The zero-order valence-electron chi connectivity index (χ0n) is 10.3. The van der Waals surface area contributed by atoms with Crippen LogP contribution in [0.5, 0.6) is 0 Å². The number of aromatic nitrogens is 1. The van der Waals surface area contributed by atoms with Crippen molar-refractivity contribution in [3.8, 4) is 0 Å². The molecule has 0 aliphatic carbocycles. The van der Waals surface area contributed by atoms with E-state index < -0.39 is 0 Å². The predicted molar refractivity (Wildman–Crippen MR) is 69.6 cm³/mol. The van der Waals surface area contributed by atoms with Gasteiger partial charge in [0.15, 0.2) is 0 Å². The number of ether oxygens (including phenoxy) is 1. The lowest BCUT2D eigenvalue weighted by Crippen LogP contribution is -2.41. The number of amides is 1. The summed E-state index contributed by atoms with van der Waals surface area (Å²) in [6.07, 6.45) is 3.41. The van der Waals surface area contributed by atoms with E-state index >= 15 is 0 Å². The monoisotopic (exact) mass is 247 g/mol. The molecule has 2 rings (SSSR count). The third kappa shape index (κ3) is 3.07. The second kappa shape index (κ2) is 6.16. The number of nitrogens with zero attached hydrogens (tertiary/aromatic N) is 2. The largest absolute Gasteiger partial charge is 0.381 e. The molecule has 18 heavy (non-hydrogen) atoms. The van der Waals surface area contributed by atoms with Gasteiger partial charge in [0.25, 0.3) is 5.91 Å². The lowest BCUT2D eigenvalue weighted by molar-refractivity contribution is 0.0299. The van der Waals surface area contributed by atoms with Gasteiger partial charge in [-0.25, -0.2) is 0 Å². The number of carbonyl (C=O) groups excluding carboxylic acids is 1. The molecule has 1 fully saturated rings. The lowest BCUT2D eigenvalue weighted by Gasteiger charge is -2.26. The predicted octanol–water partition coefficient (Wildman–Crippen LogP) is 1.15. The van der Waals surface area contributed by atoms with Crippen molar-refractivity contribution >= 4 is 11.6 Å². The van der Waals surface area contributed by atoms with Crippen LogP contribution in [0.15, 0.2) is 31.0 Å². The van der Waals surface area contributed by atoms with Crippen molar-refractivity contribution in [3.05, 3.63) is 36.7 Å². The Balaban J connectivity index is 2.06. The summed E-state index contributed by atoms with van der Waals surface area (Å²) in [5.74, 6) is -0.0412. The number of carbonyl (C=O) groups is 1. The van der Waals surface area contributed by atoms with Gasteiger partial charge < -0.3 is 15.0 Å². The van der Waals surface area contributed by atoms with Crippen LogP contribution >= 0.6 is 0 Å². The van der Waals surface area contributed by atoms with Gasteiger partial charge in [-0.05, 0) is 12.1 Å². The number of hydrogen-bond donors (Lipinski definition) is 1. The van der Waals surface area contributed by atoms with Crippen LogP contribution in [0, 0.1) is 0 Å². The molecule has 0 spiro atoms.